The van der Waals surface area contributed by atoms with Gasteiger partial charge in [0.15, 0.2) is 0 Å². The van der Waals surface area contributed by atoms with Crippen molar-refractivity contribution >= 4 is 21.1 Å². The van der Waals surface area contributed by atoms with Gasteiger partial charge in [-0.3, -0.25) is 0 Å². The van der Waals surface area contributed by atoms with E-state index in [4.69, 9.17) is 0 Å². The van der Waals surface area contributed by atoms with Crippen molar-refractivity contribution in [3.05, 3.63) is 12.7 Å². The van der Waals surface area contributed by atoms with E-state index < -0.39 is 0 Å². The molecule has 0 saturated heterocycles. The van der Waals surface area contributed by atoms with Gasteiger partial charge in [-0.2, -0.15) is 0 Å². The molecule has 0 nitrogen and oxygen atoms in total. The number of hydrogen-bond acceptors (Lipinski definition) is 0. The molecule has 0 atom stereocenters. The summed E-state index contributed by atoms with van der Waals surface area (Å²) in [5.41, 5.74) is 0. The standard InChI is InChI=1S/C4H9.C3H5.Sn.2H/c1-3-4-2;1-3-2;;;/h1,3-4H2,2H3;3H,1-2H2;;;. The molecule has 1 heteroatoms. The normalized spacial score (nSPS) is 10.6. The van der Waals surface area contributed by atoms with Crippen LogP contribution in [0.3, 0.4) is 0 Å². The summed E-state index contributed by atoms with van der Waals surface area (Å²) < 4.78 is 2.99. The molecule has 0 saturated carbocycles. The van der Waals surface area contributed by atoms with E-state index in [2.05, 4.69) is 19.6 Å². The van der Waals surface area contributed by atoms with Gasteiger partial charge in [0.1, 0.15) is 0 Å². The van der Waals surface area contributed by atoms with E-state index in [-0.39, 0.29) is 21.1 Å². The van der Waals surface area contributed by atoms with Crippen LogP contribution in [0.4, 0.5) is 0 Å². The van der Waals surface area contributed by atoms with E-state index in [0.717, 1.165) is 0 Å². The van der Waals surface area contributed by atoms with Gasteiger partial charge in [0, 0.05) is 0 Å². The molecule has 0 rings (SSSR count). The Labute approximate surface area is 62.6 Å². The Morgan fingerprint density at radius 1 is 1.62 bits per heavy atom. The fourth-order valence-electron chi connectivity index (χ4n) is 0.715. The van der Waals surface area contributed by atoms with Crippen LogP contribution >= 0.6 is 0 Å². The summed E-state index contributed by atoms with van der Waals surface area (Å²) in [4.78, 5) is 0. The first-order chi connectivity index (χ1) is 3.91. The molecular formula is C7H16Sn. The third-order valence-electron chi connectivity index (χ3n) is 1.26. The average molecular weight is 219 g/mol. The zero-order valence-electron chi connectivity index (χ0n) is 5.82. The second kappa shape index (κ2) is 7.54. The fourth-order valence-corrected chi connectivity index (χ4v) is 4.80. The second-order valence-electron chi connectivity index (χ2n) is 2.14. The Bertz CT molecular complexity index is 50.3. The zero-order chi connectivity index (χ0) is 6.24. The van der Waals surface area contributed by atoms with E-state index in [9.17, 15) is 0 Å². The van der Waals surface area contributed by atoms with Gasteiger partial charge in [0.05, 0.1) is 0 Å². The van der Waals surface area contributed by atoms with Crippen LogP contribution in [-0.4, -0.2) is 21.1 Å². The van der Waals surface area contributed by atoms with E-state index in [1.165, 1.54) is 17.3 Å². The van der Waals surface area contributed by atoms with Crippen LogP contribution in [0, 0.1) is 0 Å². The van der Waals surface area contributed by atoms with E-state index in [1.807, 2.05) is 0 Å². The first kappa shape index (κ1) is 8.54. The van der Waals surface area contributed by atoms with Crippen LogP contribution < -0.4 is 0 Å². The molecule has 0 aliphatic rings. The fraction of sp³-hybridized carbons (Fsp3) is 0.714. The van der Waals surface area contributed by atoms with Crippen molar-refractivity contribution in [2.75, 3.05) is 0 Å². The van der Waals surface area contributed by atoms with Crippen LogP contribution in [0.15, 0.2) is 12.7 Å². The van der Waals surface area contributed by atoms with E-state index in [1.54, 1.807) is 4.44 Å². The molecule has 0 aromatic carbocycles. The van der Waals surface area contributed by atoms with Crippen LogP contribution in [0.5, 0.6) is 0 Å². The summed E-state index contributed by atoms with van der Waals surface area (Å²) in [5, 5.41) is 0. The summed E-state index contributed by atoms with van der Waals surface area (Å²) in [5.74, 6) is 0. The molecule has 0 aromatic rings. The zero-order valence-corrected chi connectivity index (χ0v) is 9.86. The van der Waals surface area contributed by atoms with Gasteiger partial charge in [-0.25, -0.2) is 0 Å². The van der Waals surface area contributed by atoms with Gasteiger partial charge in [-0.15, -0.1) is 0 Å². The SMILES string of the molecule is C=C[CH2][SnH2][CH2]CCC. The predicted molar refractivity (Wildman–Crippen MR) is 43.3 cm³/mol. The summed E-state index contributed by atoms with van der Waals surface area (Å²) in [6.07, 6.45) is 4.95. The van der Waals surface area contributed by atoms with Gasteiger partial charge in [-0.1, -0.05) is 0 Å². The van der Waals surface area contributed by atoms with Crippen LogP contribution in [-0.2, 0) is 0 Å². The first-order valence-corrected chi connectivity index (χ1v) is 9.23. The first-order valence-electron chi connectivity index (χ1n) is 3.52. The van der Waals surface area contributed by atoms with Crippen molar-refractivity contribution in [2.24, 2.45) is 0 Å². The topological polar surface area (TPSA) is 0 Å². The molecule has 0 fully saturated rings. The van der Waals surface area contributed by atoms with Gasteiger partial charge < -0.3 is 0 Å². The summed E-state index contributed by atoms with van der Waals surface area (Å²) in [6.45, 7) is 5.97. The van der Waals surface area contributed by atoms with E-state index in [0.29, 0.717) is 0 Å². The minimum atomic E-state index is -0.255. The van der Waals surface area contributed by atoms with Gasteiger partial charge in [0.25, 0.3) is 0 Å². The molecule has 8 heavy (non-hydrogen) atoms. The van der Waals surface area contributed by atoms with Gasteiger partial charge >= 0.3 is 62.4 Å². The third-order valence-corrected chi connectivity index (χ3v) is 6.45. The quantitative estimate of drug-likeness (QED) is 0.376. The van der Waals surface area contributed by atoms with Crippen molar-refractivity contribution < 1.29 is 0 Å². The Morgan fingerprint density at radius 2 is 2.38 bits per heavy atom. The van der Waals surface area contributed by atoms with Crippen molar-refractivity contribution in [3.8, 4) is 0 Å². The van der Waals surface area contributed by atoms with Crippen molar-refractivity contribution in [2.45, 2.75) is 28.6 Å². The monoisotopic (exact) mass is 220 g/mol. The molecule has 0 N–H and O–H groups in total. The molecule has 0 spiro atoms. The average Bonchev–Trinajstić information content (AvgIpc) is 1.81. The van der Waals surface area contributed by atoms with Gasteiger partial charge in [0.2, 0.25) is 0 Å². The Hall–Kier alpha value is 0.539. The molecule has 0 radical (unpaired) electrons. The third kappa shape index (κ3) is 6.54. The molecule has 0 aromatic heterocycles. The van der Waals surface area contributed by atoms with Crippen LogP contribution in [0.2, 0.25) is 8.87 Å². The molecule has 0 amide bonds. The number of hydrogen-bond donors (Lipinski definition) is 0. The van der Waals surface area contributed by atoms with Crippen LogP contribution in [0.1, 0.15) is 19.8 Å². The molecule has 0 unspecified atom stereocenters. The van der Waals surface area contributed by atoms with E-state index >= 15 is 0 Å². The number of unbranched alkanes of at least 4 members (excludes halogenated alkanes) is 1. The maximum atomic E-state index is 3.71. The number of allylic oxidation sites excluding steroid dienone is 1. The molecule has 0 heterocycles. The second-order valence-corrected chi connectivity index (χ2v) is 7.82. The Kier molecular flexibility index (Phi) is 8.05. The summed E-state index contributed by atoms with van der Waals surface area (Å²) in [6, 6.07) is 0. The Balaban J connectivity index is 2.62. The molecule has 0 aliphatic carbocycles. The maximum absolute atomic E-state index is 3.71. The van der Waals surface area contributed by atoms with Crippen molar-refractivity contribution in [1.82, 2.24) is 0 Å². The minimum absolute atomic E-state index is 0.255. The summed E-state index contributed by atoms with van der Waals surface area (Å²) >= 11 is -0.255. The number of rotatable bonds is 5. The molecule has 0 bridgehead atoms. The van der Waals surface area contributed by atoms with Gasteiger partial charge in [-0.05, 0) is 0 Å². The Morgan fingerprint density at radius 3 is 2.88 bits per heavy atom. The summed E-state index contributed by atoms with van der Waals surface area (Å²) in [7, 11) is 0. The van der Waals surface area contributed by atoms with Crippen molar-refractivity contribution in [1.29, 1.82) is 0 Å². The van der Waals surface area contributed by atoms with Crippen molar-refractivity contribution in [3.63, 3.8) is 0 Å². The van der Waals surface area contributed by atoms with Crippen LogP contribution in [0.25, 0.3) is 0 Å². The predicted octanol–water partition coefficient (Wildman–Crippen LogP) is 1.98. The molecule has 48 valence electrons. The molecular weight excluding hydrogens is 203 g/mol. The molecule has 0 aliphatic heterocycles.